The minimum absolute atomic E-state index is 0.0699. The molecule has 0 saturated heterocycles. The van der Waals surface area contributed by atoms with Crippen molar-refractivity contribution in [1.29, 1.82) is 0 Å². The fourth-order valence-corrected chi connectivity index (χ4v) is 5.56. The number of benzene rings is 2. The van der Waals surface area contributed by atoms with E-state index in [2.05, 4.69) is 61.5 Å². The topological polar surface area (TPSA) is 80.9 Å². The molecule has 2 aromatic carbocycles. The van der Waals surface area contributed by atoms with Crippen molar-refractivity contribution in [3.05, 3.63) is 65.5 Å². The number of aromatic carboxylic acids is 1. The van der Waals surface area contributed by atoms with Gasteiger partial charge in [-0.3, -0.25) is 0 Å². The first-order chi connectivity index (χ1) is 17.2. The summed E-state index contributed by atoms with van der Waals surface area (Å²) in [5.74, 6) is 1.92. The van der Waals surface area contributed by atoms with Crippen molar-refractivity contribution < 1.29 is 9.90 Å². The summed E-state index contributed by atoms with van der Waals surface area (Å²) in [6.45, 7) is 11.6. The number of nitrogens with zero attached hydrogens (tertiary/aromatic N) is 4. The molecule has 2 heterocycles. The molecule has 0 saturated carbocycles. The van der Waals surface area contributed by atoms with Crippen LogP contribution in [0.1, 0.15) is 56.4 Å². The normalized spacial score (nSPS) is 11.8. The van der Waals surface area contributed by atoms with Crippen LogP contribution in [-0.4, -0.2) is 42.3 Å². The number of fused-ring (bicyclic) bond motifs is 1. The van der Waals surface area contributed by atoms with Crippen molar-refractivity contribution in [2.24, 2.45) is 5.41 Å². The van der Waals surface area contributed by atoms with E-state index < -0.39 is 5.97 Å². The number of carboxylic acids is 1. The molecule has 4 aromatic rings. The number of thioether (sulfide) groups is 2. The number of hydrogen-bond acceptors (Lipinski definition) is 6. The number of carboxylic acid groups (broad SMARTS) is 1. The van der Waals surface area contributed by atoms with Crippen LogP contribution in [0.25, 0.3) is 22.2 Å². The Hall–Kier alpha value is -2.84. The molecule has 0 radical (unpaired) electrons. The highest BCUT2D eigenvalue weighted by Crippen LogP contribution is 2.34. The van der Waals surface area contributed by atoms with E-state index >= 15 is 0 Å². The highest BCUT2D eigenvalue weighted by atomic mass is 32.2. The largest absolute Gasteiger partial charge is 0.478 e. The number of imidazole rings is 1. The van der Waals surface area contributed by atoms with Crippen LogP contribution in [0.4, 0.5) is 0 Å². The molecule has 0 atom stereocenters. The fourth-order valence-electron chi connectivity index (χ4n) is 4.19. The minimum atomic E-state index is -0.922. The van der Waals surface area contributed by atoms with E-state index in [0.717, 1.165) is 61.5 Å². The summed E-state index contributed by atoms with van der Waals surface area (Å²) in [6.07, 6.45) is 0.832. The van der Waals surface area contributed by atoms with Crippen molar-refractivity contribution in [2.45, 2.75) is 57.6 Å². The van der Waals surface area contributed by atoms with Crippen molar-refractivity contribution in [3.8, 4) is 11.1 Å². The third-order valence-corrected chi connectivity index (χ3v) is 7.37. The number of aromatic nitrogens is 4. The molecule has 188 valence electrons. The predicted octanol–water partition coefficient (Wildman–Crippen LogP) is 7.05. The average molecular weight is 521 g/mol. The van der Waals surface area contributed by atoms with E-state index in [1.807, 2.05) is 24.3 Å². The summed E-state index contributed by atoms with van der Waals surface area (Å²) in [5, 5.41) is 20.5. The van der Waals surface area contributed by atoms with Crippen molar-refractivity contribution >= 4 is 40.5 Å². The van der Waals surface area contributed by atoms with E-state index in [0.29, 0.717) is 12.1 Å². The highest BCUT2D eigenvalue weighted by molar-refractivity contribution is 7.99. The maximum absolute atomic E-state index is 11.7. The van der Waals surface area contributed by atoms with Crippen molar-refractivity contribution in [1.82, 2.24) is 19.7 Å². The van der Waals surface area contributed by atoms with Gasteiger partial charge in [-0.2, -0.15) is 0 Å². The van der Waals surface area contributed by atoms with E-state index in [1.54, 1.807) is 35.7 Å². The maximum Gasteiger partial charge on any atom is 0.336 e. The van der Waals surface area contributed by atoms with Gasteiger partial charge >= 0.3 is 5.97 Å². The Morgan fingerprint density at radius 1 is 0.944 bits per heavy atom. The third kappa shape index (κ3) is 5.76. The molecule has 0 fully saturated rings. The molecule has 0 bridgehead atoms. The molecule has 4 rings (SSSR count). The second kappa shape index (κ2) is 11.0. The predicted molar refractivity (Wildman–Crippen MR) is 149 cm³/mol. The Bertz CT molecular complexity index is 1380. The van der Waals surface area contributed by atoms with Gasteiger partial charge in [0.2, 0.25) is 0 Å². The van der Waals surface area contributed by atoms with Gasteiger partial charge in [0.15, 0.2) is 0 Å². The second-order valence-electron chi connectivity index (χ2n) is 9.77. The van der Waals surface area contributed by atoms with Crippen LogP contribution >= 0.6 is 23.5 Å². The van der Waals surface area contributed by atoms with E-state index in [4.69, 9.17) is 4.98 Å². The molecule has 0 spiro atoms. The van der Waals surface area contributed by atoms with Crippen LogP contribution in [0.15, 0.2) is 58.6 Å². The summed E-state index contributed by atoms with van der Waals surface area (Å²) >= 11 is 3.37. The van der Waals surface area contributed by atoms with Crippen LogP contribution in [-0.2, 0) is 13.0 Å². The molecule has 36 heavy (non-hydrogen) atoms. The summed E-state index contributed by atoms with van der Waals surface area (Å²) in [5.41, 5.74) is 5.08. The maximum atomic E-state index is 11.7. The minimum Gasteiger partial charge on any atom is -0.478 e. The van der Waals surface area contributed by atoms with Gasteiger partial charge in [0.25, 0.3) is 0 Å². The monoisotopic (exact) mass is 520 g/mol. The highest BCUT2D eigenvalue weighted by Gasteiger charge is 2.23. The van der Waals surface area contributed by atoms with E-state index in [1.165, 1.54) is 0 Å². The van der Waals surface area contributed by atoms with Gasteiger partial charge in [0.05, 0.1) is 5.56 Å². The van der Waals surface area contributed by atoms with Crippen LogP contribution in [0, 0.1) is 5.41 Å². The molecule has 8 heteroatoms. The van der Waals surface area contributed by atoms with Crippen LogP contribution < -0.4 is 0 Å². The van der Waals surface area contributed by atoms with Gasteiger partial charge in [0, 0.05) is 13.0 Å². The Kier molecular flexibility index (Phi) is 8.05. The first-order valence-electron chi connectivity index (χ1n) is 12.1. The van der Waals surface area contributed by atoms with Gasteiger partial charge in [-0.05, 0) is 39.7 Å². The first-order valence-corrected chi connectivity index (χ1v) is 14.1. The summed E-state index contributed by atoms with van der Waals surface area (Å²) in [4.78, 5) is 16.8. The zero-order valence-corrected chi connectivity index (χ0v) is 23.0. The Labute approximate surface area is 220 Å². The van der Waals surface area contributed by atoms with Crippen molar-refractivity contribution in [2.75, 3.05) is 11.5 Å². The standard InChI is InChI=1S/C28H32N4O2S2/c1-6-35-25-23-24(26(31-30-25)36-7-2)32(22(29-23)16-28(3,4)5)17-18-12-14-19(15-13-18)20-10-8-9-11-21(20)27(33)34/h8-15H,6-7,16-17H2,1-5H3,(H,33,34). The van der Waals surface area contributed by atoms with Gasteiger partial charge in [0.1, 0.15) is 26.9 Å². The molecule has 1 N–H and O–H groups in total. The lowest BCUT2D eigenvalue weighted by molar-refractivity contribution is 0.0697. The van der Waals surface area contributed by atoms with Crippen molar-refractivity contribution in [3.63, 3.8) is 0 Å². The molecule has 6 nitrogen and oxygen atoms in total. The van der Waals surface area contributed by atoms with Crippen LogP contribution in [0.3, 0.4) is 0 Å². The van der Waals surface area contributed by atoms with Crippen LogP contribution in [0.5, 0.6) is 0 Å². The molecular formula is C28H32N4O2S2. The SMILES string of the molecule is CCSc1nnc(SCC)c2c1nc(CC(C)(C)C)n2Cc1ccc(-c2ccccc2C(=O)O)cc1. The number of carbonyl (C=O) groups is 1. The lowest BCUT2D eigenvalue weighted by atomic mass is 9.92. The molecular weight excluding hydrogens is 488 g/mol. The van der Waals surface area contributed by atoms with Crippen LogP contribution in [0.2, 0.25) is 0 Å². The quantitative estimate of drug-likeness (QED) is 0.237. The van der Waals surface area contributed by atoms with Gasteiger partial charge in [-0.25, -0.2) is 9.78 Å². The first kappa shape index (κ1) is 26.2. The van der Waals surface area contributed by atoms with E-state index in [-0.39, 0.29) is 5.41 Å². The van der Waals surface area contributed by atoms with Gasteiger partial charge in [-0.1, -0.05) is 77.1 Å². The van der Waals surface area contributed by atoms with Gasteiger partial charge < -0.3 is 9.67 Å². The lowest BCUT2D eigenvalue weighted by Crippen LogP contribution is -2.15. The summed E-state index contributed by atoms with van der Waals surface area (Å²) in [6, 6.07) is 15.3. The number of hydrogen-bond donors (Lipinski definition) is 1. The number of rotatable bonds is 9. The molecule has 0 unspecified atom stereocenters. The summed E-state index contributed by atoms with van der Waals surface area (Å²) in [7, 11) is 0. The molecule has 0 aliphatic heterocycles. The molecule has 0 aliphatic rings. The second-order valence-corrected chi connectivity index (χ2v) is 12.3. The fraction of sp³-hybridized carbons (Fsp3) is 0.357. The molecule has 0 amide bonds. The zero-order valence-electron chi connectivity index (χ0n) is 21.4. The Balaban J connectivity index is 1.80. The Morgan fingerprint density at radius 2 is 1.58 bits per heavy atom. The van der Waals surface area contributed by atoms with Gasteiger partial charge in [-0.15, -0.1) is 33.7 Å². The van der Waals surface area contributed by atoms with E-state index in [9.17, 15) is 9.90 Å². The molecule has 0 aliphatic carbocycles. The third-order valence-electron chi connectivity index (χ3n) is 5.70. The summed E-state index contributed by atoms with van der Waals surface area (Å²) < 4.78 is 2.30. The average Bonchev–Trinajstić information content (AvgIpc) is 3.18. The molecule has 2 aromatic heterocycles. The zero-order chi connectivity index (χ0) is 25.9. The smallest absolute Gasteiger partial charge is 0.336 e. The lowest BCUT2D eigenvalue weighted by Gasteiger charge is -2.19. The Morgan fingerprint density at radius 3 is 2.22 bits per heavy atom.